The van der Waals surface area contributed by atoms with Gasteiger partial charge in [0.25, 0.3) is 0 Å². The normalized spacial score (nSPS) is 31.8. The number of ether oxygens (including phenoxy) is 2. The lowest BCUT2D eigenvalue weighted by Crippen LogP contribution is -2.85. The number of nitrogens with zero attached hydrogens (tertiary/aromatic N) is 2. The van der Waals surface area contributed by atoms with E-state index in [0.717, 1.165) is 17.7 Å². The maximum absolute atomic E-state index is 14.9. The molecule has 1 saturated carbocycles. The average molecular weight is 555 g/mol. The Morgan fingerprint density at radius 2 is 2.10 bits per heavy atom. The van der Waals surface area contributed by atoms with Crippen molar-refractivity contribution in [1.82, 2.24) is 15.5 Å². The first kappa shape index (κ1) is 28.1. The van der Waals surface area contributed by atoms with E-state index in [1.165, 1.54) is 11.8 Å². The molecule has 0 aromatic heterocycles. The van der Waals surface area contributed by atoms with E-state index < -0.39 is 29.3 Å². The van der Waals surface area contributed by atoms with Crippen LogP contribution >= 0.6 is 0 Å². The van der Waals surface area contributed by atoms with Crippen molar-refractivity contribution >= 4 is 23.7 Å². The molecule has 4 aliphatic rings. The number of likely N-dealkylation sites (tertiary alicyclic amines) is 1. The van der Waals surface area contributed by atoms with Crippen molar-refractivity contribution in [3.8, 4) is 11.5 Å². The highest BCUT2D eigenvalue weighted by Crippen LogP contribution is 2.64. The van der Waals surface area contributed by atoms with Gasteiger partial charge in [0, 0.05) is 57.3 Å². The summed E-state index contributed by atoms with van der Waals surface area (Å²) in [5, 5.41) is 20.1. The second kappa shape index (κ2) is 9.88. The van der Waals surface area contributed by atoms with Gasteiger partial charge >= 0.3 is 6.09 Å². The van der Waals surface area contributed by atoms with Gasteiger partial charge in [0.2, 0.25) is 11.8 Å². The number of nitrogens with one attached hydrogen (secondary N) is 2. The van der Waals surface area contributed by atoms with Crippen LogP contribution in [-0.2, 0) is 26.2 Å². The maximum Gasteiger partial charge on any atom is 0.415 e. The van der Waals surface area contributed by atoms with E-state index in [0.29, 0.717) is 29.6 Å². The number of piperidine rings is 1. The van der Waals surface area contributed by atoms with Crippen LogP contribution in [0.15, 0.2) is 24.8 Å². The van der Waals surface area contributed by atoms with E-state index in [1.807, 2.05) is 12.1 Å². The molecule has 2 fully saturated rings. The second-order valence-corrected chi connectivity index (χ2v) is 11.9. The van der Waals surface area contributed by atoms with Gasteiger partial charge in [-0.15, -0.1) is 0 Å². The quantitative estimate of drug-likeness (QED) is 0.346. The molecule has 1 aromatic carbocycles. The Bertz CT molecular complexity index is 1280. The minimum absolute atomic E-state index is 0.0762. The lowest BCUT2D eigenvalue weighted by Gasteiger charge is -2.70. The van der Waals surface area contributed by atoms with Crippen LogP contribution in [0, 0.1) is 0 Å². The van der Waals surface area contributed by atoms with Crippen LogP contribution in [0.1, 0.15) is 44.2 Å². The van der Waals surface area contributed by atoms with E-state index in [-0.39, 0.29) is 55.3 Å². The first-order valence-electron chi connectivity index (χ1n) is 13.9. The SMILES string of the molecule is C=CC[N+]1(C)CC[C@]23c4c5ccc(OC(=O)N(C)CCNC(=O)[C@H](C)NC(C)=O)c4O[C@H]2C(=O)CC[C@@]3([O-])[C@H]1C5. The molecular formula is C29H38N4O7. The molecule has 6 atom stereocenters. The zero-order valence-corrected chi connectivity index (χ0v) is 23.6. The predicted octanol–water partition coefficient (Wildman–Crippen LogP) is 0.180. The predicted molar refractivity (Wildman–Crippen MR) is 143 cm³/mol. The summed E-state index contributed by atoms with van der Waals surface area (Å²) in [5.74, 6) is -0.240. The highest BCUT2D eigenvalue weighted by molar-refractivity contribution is 5.90. The first-order valence-corrected chi connectivity index (χ1v) is 13.9. The van der Waals surface area contributed by atoms with E-state index in [4.69, 9.17) is 9.47 Å². The van der Waals surface area contributed by atoms with Crippen molar-refractivity contribution < 1.29 is 38.2 Å². The number of hydrogen-bond donors (Lipinski definition) is 2. The number of carbonyl (C=O) groups excluding carboxylic acids is 4. The van der Waals surface area contributed by atoms with Gasteiger partial charge in [0.05, 0.1) is 26.2 Å². The number of rotatable bonds is 8. The maximum atomic E-state index is 14.9. The zero-order valence-electron chi connectivity index (χ0n) is 23.6. The molecule has 1 spiro atoms. The molecule has 3 amide bonds. The minimum atomic E-state index is -1.38. The summed E-state index contributed by atoms with van der Waals surface area (Å²) < 4.78 is 12.6. The van der Waals surface area contributed by atoms with Crippen molar-refractivity contribution in [3.05, 3.63) is 35.9 Å². The van der Waals surface area contributed by atoms with Gasteiger partial charge in [-0.05, 0) is 36.7 Å². The fraction of sp³-hybridized carbons (Fsp3) is 0.586. The van der Waals surface area contributed by atoms with Crippen LogP contribution in [0.4, 0.5) is 4.79 Å². The lowest BCUT2D eigenvalue weighted by molar-refractivity contribution is -0.954. The Morgan fingerprint density at radius 1 is 1.35 bits per heavy atom. The molecule has 1 unspecified atom stereocenters. The monoisotopic (exact) mass is 554 g/mol. The van der Waals surface area contributed by atoms with Crippen molar-refractivity contribution in [3.63, 3.8) is 0 Å². The van der Waals surface area contributed by atoms with Gasteiger partial charge < -0.3 is 34.6 Å². The molecule has 2 N–H and O–H groups in total. The Balaban J connectivity index is 1.37. The van der Waals surface area contributed by atoms with E-state index in [1.54, 1.807) is 20.0 Å². The van der Waals surface area contributed by atoms with E-state index in [9.17, 15) is 24.3 Å². The van der Waals surface area contributed by atoms with Gasteiger partial charge in [-0.2, -0.15) is 0 Å². The number of Topliss-reactive ketones (excluding diaryl/α,β-unsaturated/α-hetero) is 1. The molecule has 5 rings (SSSR count). The number of likely N-dealkylation sites (N-methyl/N-ethyl adjacent to an activating group) is 2. The molecular weight excluding hydrogens is 516 g/mol. The summed E-state index contributed by atoms with van der Waals surface area (Å²) in [6, 6.07) is 2.66. The summed E-state index contributed by atoms with van der Waals surface area (Å²) in [6.45, 7) is 8.55. The number of quaternary nitrogens is 1. The molecule has 2 bridgehead atoms. The van der Waals surface area contributed by atoms with Gasteiger partial charge in [0.15, 0.2) is 23.4 Å². The standard InChI is InChI=1S/C29H38N4O7/c1-6-14-33(5)15-11-28-23-19-7-8-21(24(23)40-25(28)20(35)9-10-29(28,38)22(33)16-19)39-27(37)32(4)13-12-30-26(36)17(2)31-18(3)34/h6-8,17,22,25H,1,9-16H2,2-5H3,(H,30,36)(H,31,34)/t17-,22+,25-,28-,29+,33?/m0/s1. The van der Waals surface area contributed by atoms with E-state index >= 15 is 0 Å². The number of ketones is 1. The Kier molecular flexibility index (Phi) is 6.94. The van der Waals surface area contributed by atoms with Crippen molar-refractivity contribution in [2.24, 2.45) is 0 Å². The number of amides is 3. The first-order chi connectivity index (χ1) is 18.9. The average Bonchev–Trinajstić information content (AvgIpc) is 3.26. The fourth-order valence-electron chi connectivity index (χ4n) is 7.51. The summed E-state index contributed by atoms with van der Waals surface area (Å²) in [6.07, 6.45) is 1.84. The molecule has 1 saturated heterocycles. The van der Waals surface area contributed by atoms with Crippen LogP contribution in [0.2, 0.25) is 0 Å². The Morgan fingerprint density at radius 3 is 2.80 bits per heavy atom. The third-order valence-corrected chi connectivity index (χ3v) is 9.46. The molecule has 2 aliphatic heterocycles. The molecule has 11 heteroatoms. The van der Waals surface area contributed by atoms with Crippen LogP contribution in [0.5, 0.6) is 11.5 Å². The van der Waals surface area contributed by atoms with Crippen LogP contribution in [0.25, 0.3) is 0 Å². The number of carbonyl (C=O) groups is 4. The smallest absolute Gasteiger partial charge is 0.415 e. The molecule has 2 heterocycles. The molecule has 40 heavy (non-hydrogen) atoms. The van der Waals surface area contributed by atoms with Crippen LogP contribution in [0.3, 0.4) is 0 Å². The largest absolute Gasteiger partial charge is 0.844 e. The van der Waals surface area contributed by atoms with Gasteiger partial charge in [-0.3, -0.25) is 14.4 Å². The van der Waals surface area contributed by atoms with Crippen molar-refractivity contribution in [2.75, 3.05) is 40.3 Å². The summed E-state index contributed by atoms with van der Waals surface area (Å²) in [4.78, 5) is 50.8. The van der Waals surface area contributed by atoms with Gasteiger partial charge in [-0.25, -0.2) is 4.79 Å². The van der Waals surface area contributed by atoms with Crippen molar-refractivity contribution in [2.45, 2.75) is 68.7 Å². The number of benzene rings is 1. The Labute approximate surface area is 234 Å². The second-order valence-electron chi connectivity index (χ2n) is 11.9. The highest BCUT2D eigenvalue weighted by atomic mass is 16.6. The van der Waals surface area contributed by atoms with Crippen molar-refractivity contribution in [1.29, 1.82) is 0 Å². The fourth-order valence-corrected chi connectivity index (χ4v) is 7.51. The minimum Gasteiger partial charge on any atom is -0.844 e. The highest BCUT2D eigenvalue weighted by Gasteiger charge is 2.71. The zero-order chi connectivity index (χ0) is 29.0. The molecule has 0 radical (unpaired) electrons. The lowest BCUT2D eigenvalue weighted by atomic mass is 9.48. The summed E-state index contributed by atoms with van der Waals surface area (Å²) in [7, 11) is 3.65. The van der Waals surface area contributed by atoms with Gasteiger partial charge in [0.1, 0.15) is 6.04 Å². The summed E-state index contributed by atoms with van der Waals surface area (Å²) >= 11 is 0. The summed E-state index contributed by atoms with van der Waals surface area (Å²) in [5.41, 5.74) is -0.654. The number of hydrogen-bond acceptors (Lipinski definition) is 7. The third-order valence-electron chi connectivity index (χ3n) is 9.46. The molecule has 1 aromatic rings. The molecule has 11 nitrogen and oxygen atoms in total. The molecule has 216 valence electrons. The topological polar surface area (TPSA) is 137 Å². The Hall–Kier alpha value is -3.44. The third kappa shape index (κ3) is 4.09. The van der Waals surface area contributed by atoms with Crippen LogP contribution < -0.4 is 25.2 Å². The van der Waals surface area contributed by atoms with Gasteiger partial charge in [-0.1, -0.05) is 12.6 Å². The molecule has 2 aliphatic carbocycles. The van der Waals surface area contributed by atoms with E-state index in [2.05, 4.69) is 24.3 Å². The van der Waals surface area contributed by atoms with Crippen LogP contribution in [-0.4, -0.2) is 97.1 Å².